The van der Waals surface area contributed by atoms with Crippen LogP contribution in [0.15, 0.2) is 72.9 Å². The third-order valence-corrected chi connectivity index (χ3v) is 8.02. The number of carbonyl (C=O) groups is 1. The van der Waals surface area contributed by atoms with Crippen LogP contribution in [0.3, 0.4) is 0 Å². The second-order valence-electron chi connectivity index (χ2n) is 10.8. The lowest BCUT2D eigenvalue weighted by molar-refractivity contribution is 0.0773. The van der Waals surface area contributed by atoms with Crippen molar-refractivity contribution in [2.24, 2.45) is 11.8 Å². The molecule has 0 radical (unpaired) electrons. The lowest BCUT2D eigenvalue weighted by Crippen LogP contribution is -2.33. The number of hydrogen-bond acceptors (Lipinski definition) is 4. The van der Waals surface area contributed by atoms with Gasteiger partial charge in [0.2, 0.25) is 0 Å². The molecule has 37 heavy (non-hydrogen) atoms. The van der Waals surface area contributed by atoms with Crippen LogP contribution in [0.4, 0.5) is 0 Å². The van der Waals surface area contributed by atoms with E-state index in [1.165, 1.54) is 11.3 Å². The van der Waals surface area contributed by atoms with Gasteiger partial charge in [-0.25, -0.2) is 4.98 Å². The van der Waals surface area contributed by atoms with Crippen LogP contribution in [0.5, 0.6) is 5.75 Å². The summed E-state index contributed by atoms with van der Waals surface area (Å²) < 4.78 is 7.54. The lowest BCUT2D eigenvalue weighted by atomic mass is 10.0. The number of likely N-dealkylation sites (tertiary alicyclic amines) is 2. The number of imidazole rings is 1. The van der Waals surface area contributed by atoms with Crippen LogP contribution >= 0.6 is 0 Å². The van der Waals surface area contributed by atoms with Gasteiger partial charge in [-0.1, -0.05) is 50.2 Å². The summed E-state index contributed by atoms with van der Waals surface area (Å²) >= 11 is 0. The highest BCUT2D eigenvalue weighted by Crippen LogP contribution is 2.35. The van der Waals surface area contributed by atoms with Gasteiger partial charge < -0.3 is 14.0 Å². The summed E-state index contributed by atoms with van der Waals surface area (Å²) in [5.74, 6) is 2.34. The van der Waals surface area contributed by atoms with Gasteiger partial charge in [0.05, 0.1) is 18.5 Å². The molecule has 0 N–H and O–H groups in total. The molecule has 0 bridgehead atoms. The average Bonchev–Trinajstić information content (AvgIpc) is 3.60. The van der Waals surface area contributed by atoms with Crippen LogP contribution in [0.2, 0.25) is 0 Å². The molecule has 6 nitrogen and oxygen atoms in total. The fraction of sp³-hybridized carbons (Fsp3) is 0.355. The van der Waals surface area contributed by atoms with E-state index >= 15 is 0 Å². The van der Waals surface area contributed by atoms with Crippen molar-refractivity contribution in [3.8, 4) is 17.0 Å². The maximum Gasteiger partial charge on any atom is 0.254 e. The number of methoxy groups -OCH3 is 1. The van der Waals surface area contributed by atoms with Crippen LogP contribution in [-0.2, 0) is 6.54 Å². The number of nitrogens with zero attached hydrogens (tertiary/aromatic N) is 4. The summed E-state index contributed by atoms with van der Waals surface area (Å²) in [5, 5.41) is 0. The zero-order valence-corrected chi connectivity index (χ0v) is 21.8. The first-order valence-corrected chi connectivity index (χ1v) is 13.2. The van der Waals surface area contributed by atoms with Crippen LogP contribution in [0.1, 0.15) is 41.4 Å². The van der Waals surface area contributed by atoms with Crippen LogP contribution < -0.4 is 4.74 Å². The van der Waals surface area contributed by atoms with Gasteiger partial charge in [-0.15, -0.1) is 0 Å². The molecule has 2 unspecified atom stereocenters. The topological polar surface area (TPSA) is 50.1 Å². The summed E-state index contributed by atoms with van der Waals surface area (Å²) in [7, 11) is 1.63. The minimum Gasteiger partial charge on any atom is -0.497 e. The minimum absolute atomic E-state index is 0.105. The molecule has 2 aliphatic rings. The molecule has 0 aliphatic carbocycles. The van der Waals surface area contributed by atoms with E-state index in [2.05, 4.69) is 65.7 Å². The molecule has 2 aromatic heterocycles. The predicted molar refractivity (Wildman–Crippen MR) is 146 cm³/mol. The number of hydrogen-bond donors (Lipinski definition) is 0. The van der Waals surface area contributed by atoms with Crippen molar-refractivity contribution in [3.63, 3.8) is 0 Å². The monoisotopic (exact) mass is 494 g/mol. The Morgan fingerprint density at radius 3 is 2.43 bits per heavy atom. The summed E-state index contributed by atoms with van der Waals surface area (Å²) in [4.78, 5) is 22.7. The highest BCUT2D eigenvalue weighted by molar-refractivity contribution is 5.94. The molecule has 0 spiro atoms. The fourth-order valence-electron chi connectivity index (χ4n) is 5.99. The standard InChI is InChI=1S/C31H34N4O2/c1-21(2)22-10-12-23(13-11-22)30-28(35-14-5-4-9-29(35)32-30)20-33-16-25-18-34(19-26(25)17-33)31(36)24-7-6-8-27(15-24)37-3/h4-15,21,25-26H,16-20H2,1-3H3. The Morgan fingerprint density at radius 1 is 0.973 bits per heavy atom. The molecule has 4 aromatic rings. The van der Waals surface area contributed by atoms with Gasteiger partial charge in [0, 0.05) is 50.0 Å². The number of ether oxygens (including phenoxy) is 1. The van der Waals surface area contributed by atoms with Gasteiger partial charge in [-0.05, 0) is 53.6 Å². The van der Waals surface area contributed by atoms with E-state index in [9.17, 15) is 4.79 Å². The molecule has 6 heteroatoms. The van der Waals surface area contributed by atoms with Gasteiger partial charge in [-0.3, -0.25) is 9.69 Å². The maximum atomic E-state index is 13.1. The van der Waals surface area contributed by atoms with Crippen molar-refractivity contribution >= 4 is 11.6 Å². The van der Waals surface area contributed by atoms with Gasteiger partial charge >= 0.3 is 0 Å². The minimum atomic E-state index is 0.105. The number of rotatable bonds is 6. The second-order valence-corrected chi connectivity index (χ2v) is 10.8. The molecule has 190 valence electrons. The number of amides is 1. The SMILES string of the molecule is COc1cccc(C(=O)N2CC3CN(Cc4c(-c5ccc(C(C)C)cc5)nc5ccccn45)CC3C2)c1. The van der Waals surface area contributed by atoms with Crippen molar-refractivity contribution in [1.29, 1.82) is 0 Å². The summed E-state index contributed by atoms with van der Waals surface area (Å²) in [6, 6.07) is 22.5. The smallest absolute Gasteiger partial charge is 0.254 e. The first kappa shape index (κ1) is 23.7. The Hall–Kier alpha value is -3.64. The van der Waals surface area contributed by atoms with Crippen LogP contribution in [0.25, 0.3) is 16.9 Å². The highest BCUT2D eigenvalue weighted by Gasteiger charge is 2.42. The summed E-state index contributed by atoms with van der Waals surface area (Å²) in [5.41, 5.74) is 6.49. The van der Waals surface area contributed by atoms with Crippen molar-refractivity contribution < 1.29 is 9.53 Å². The number of carbonyl (C=O) groups excluding carboxylic acids is 1. The molecule has 4 heterocycles. The molecule has 6 rings (SSSR count). The third kappa shape index (κ3) is 4.51. The van der Waals surface area contributed by atoms with E-state index in [1.54, 1.807) is 7.11 Å². The summed E-state index contributed by atoms with van der Waals surface area (Å²) in [6.45, 7) is 8.92. The molecule has 2 saturated heterocycles. The molecule has 0 saturated carbocycles. The maximum absolute atomic E-state index is 13.1. The molecular weight excluding hydrogens is 460 g/mol. The number of aromatic nitrogens is 2. The van der Waals surface area contributed by atoms with E-state index in [0.29, 0.717) is 23.3 Å². The number of pyridine rings is 1. The van der Waals surface area contributed by atoms with E-state index in [0.717, 1.165) is 55.4 Å². The van der Waals surface area contributed by atoms with Gasteiger partial charge in [0.15, 0.2) is 0 Å². The normalized spacial score (nSPS) is 19.6. The third-order valence-electron chi connectivity index (χ3n) is 8.02. The Bertz CT molecular complexity index is 1410. The predicted octanol–water partition coefficient (Wildman–Crippen LogP) is 5.34. The summed E-state index contributed by atoms with van der Waals surface area (Å²) in [6.07, 6.45) is 2.12. The lowest BCUT2D eigenvalue weighted by Gasteiger charge is -2.22. The van der Waals surface area contributed by atoms with Crippen molar-refractivity contribution in [1.82, 2.24) is 19.2 Å². The quantitative estimate of drug-likeness (QED) is 0.363. The van der Waals surface area contributed by atoms with Crippen LogP contribution in [0, 0.1) is 11.8 Å². The molecule has 1 amide bonds. The number of fused-ring (bicyclic) bond motifs is 2. The van der Waals surface area contributed by atoms with E-state index in [4.69, 9.17) is 9.72 Å². The number of benzene rings is 2. The zero-order chi connectivity index (χ0) is 25.5. The van der Waals surface area contributed by atoms with Gasteiger partial charge in [-0.2, -0.15) is 0 Å². The van der Waals surface area contributed by atoms with Crippen molar-refractivity contribution in [2.75, 3.05) is 33.3 Å². The first-order chi connectivity index (χ1) is 18.0. The van der Waals surface area contributed by atoms with Gasteiger partial charge in [0.1, 0.15) is 11.4 Å². The largest absolute Gasteiger partial charge is 0.497 e. The molecule has 2 fully saturated rings. The Balaban J connectivity index is 1.19. The van der Waals surface area contributed by atoms with E-state index in [-0.39, 0.29) is 5.91 Å². The van der Waals surface area contributed by atoms with E-state index in [1.807, 2.05) is 35.2 Å². The van der Waals surface area contributed by atoms with Crippen molar-refractivity contribution in [2.45, 2.75) is 26.3 Å². The molecule has 2 aliphatic heterocycles. The molecule has 2 atom stereocenters. The van der Waals surface area contributed by atoms with E-state index < -0.39 is 0 Å². The Kier molecular flexibility index (Phi) is 6.21. The average molecular weight is 495 g/mol. The zero-order valence-electron chi connectivity index (χ0n) is 21.8. The fourth-order valence-corrected chi connectivity index (χ4v) is 5.99. The Labute approximate surface area is 218 Å². The first-order valence-electron chi connectivity index (χ1n) is 13.2. The molecule has 2 aromatic carbocycles. The van der Waals surface area contributed by atoms with Crippen LogP contribution in [-0.4, -0.2) is 58.4 Å². The Morgan fingerprint density at radius 2 is 1.73 bits per heavy atom. The van der Waals surface area contributed by atoms with Crippen molar-refractivity contribution in [3.05, 3.63) is 89.7 Å². The second kappa shape index (κ2) is 9.67. The van der Waals surface area contributed by atoms with Gasteiger partial charge in [0.25, 0.3) is 5.91 Å². The highest BCUT2D eigenvalue weighted by atomic mass is 16.5. The molecular formula is C31H34N4O2.